The monoisotopic (exact) mass is 408 g/mol. The molecule has 2 heterocycles. The van der Waals surface area contributed by atoms with Gasteiger partial charge >= 0.3 is 0 Å². The van der Waals surface area contributed by atoms with Crippen LogP contribution in [0.4, 0.5) is 0 Å². The summed E-state index contributed by atoms with van der Waals surface area (Å²) in [5.41, 5.74) is 2.52. The topological polar surface area (TPSA) is 66.3 Å². The Hall–Kier alpha value is -2.80. The Morgan fingerprint density at radius 3 is 2.83 bits per heavy atom. The summed E-state index contributed by atoms with van der Waals surface area (Å²) >= 11 is 1.57. The number of methoxy groups -OCH3 is 1. The molecule has 1 atom stereocenters. The molecule has 2 aromatic carbocycles. The van der Waals surface area contributed by atoms with E-state index in [0.29, 0.717) is 10.9 Å². The molecule has 0 bridgehead atoms. The van der Waals surface area contributed by atoms with E-state index in [1.807, 2.05) is 49.4 Å². The Morgan fingerprint density at radius 1 is 1.24 bits per heavy atom. The Balaban J connectivity index is 1.83. The van der Waals surface area contributed by atoms with Gasteiger partial charge in [0.15, 0.2) is 11.3 Å². The van der Waals surface area contributed by atoms with Crippen molar-refractivity contribution in [2.75, 3.05) is 12.9 Å². The summed E-state index contributed by atoms with van der Waals surface area (Å²) < 4.78 is 5.39. The van der Waals surface area contributed by atoms with E-state index in [0.717, 1.165) is 46.0 Å². The van der Waals surface area contributed by atoms with E-state index >= 15 is 0 Å². The van der Waals surface area contributed by atoms with Crippen molar-refractivity contribution < 1.29 is 9.53 Å². The fraction of sp³-hybridized carbons (Fsp3) is 0.318. The number of aryl methyl sites for hydroxylation is 1. The van der Waals surface area contributed by atoms with E-state index in [9.17, 15) is 4.79 Å². The van der Waals surface area contributed by atoms with E-state index in [1.165, 1.54) is 0 Å². The van der Waals surface area contributed by atoms with Crippen molar-refractivity contribution in [2.45, 2.75) is 32.9 Å². The van der Waals surface area contributed by atoms with Crippen LogP contribution < -0.4 is 20.6 Å². The Morgan fingerprint density at radius 2 is 2.07 bits per heavy atom. The highest BCUT2D eigenvalue weighted by Crippen LogP contribution is 2.32. The van der Waals surface area contributed by atoms with Gasteiger partial charge in [-0.05, 0) is 42.7 Å². The number of hydrazone groups is 1. The van der Waals surface area contributed by atoms with Crippen molar-refractivity contribution >= 4 is 28.5 Å². The van der Waals surface area contributed by atoms with Gasteiger partial charge in [-0.3, -0.25) is 15.1 Å². The summed E-state index contributed by atoms with van der Waals surface area (Å²) in [6, 6.07) is 13.7. The highest BCUT2D eigenvalue weighted by Gasteiger charge is 2.34. The van der Waals surface area contributed by atoms with Crippen LogP contribution in [0.3, 0.4) is 0 Å². The van der Waals surface area contributed by atoms with Gasteiger partial charge in [-0.2, -0.15) is 0 Å². The minimum atomic E-state index is -0.405. The summed E-state index contributed by atoms with van der Waals surface area (Å²) in [7, 11) is 1.66. The lowest BCUT2D eigenvalue weighted by Gasteiger charge is -2.34. The van der Waals surface area contributed by atoms with Crippen LogP contribution in [0.1, 0.15) is 37.1 Å². The summed E-state index contributed by atoms with van der Waals surface area (Å²) in [4.78, 5) is 18.0. The second kappa shape index (κ2) is 8.29. The molecule has 4 rings (SSSR count). The number of ether oxygens (including phenoxy) is 1. The van der Waals surface area contributed by atoms with Crippen molar-refractivity contribution in [3.8, 4) is 5.75 Å². The lowest BCUT2D eigenvalue weighted by atomic mass is 10.1. The van der Waals surface area contributed by atoms with E-state index in [-0.39, 0.29) is 5.91 Å². The van der Waals surface area contributed by atoms with Crippen LogP contribution in [0, 0.1) is 6.92 Å². The number of fused-ring (bicyclic) bond motifs is 2. The smallest absolute Gasteiger partial charge is 0.276 e. The van der Waals surface area contributed by atoms with Crippen molar-refractivity contribution in [2.24, 2.45) is 10.1 Å². The number of unbranched alkanes of at least 4 members (excludes halogenated alkanes) is 1. The number of nitrogens with one attached hydrogen (secondary N) is 1. The first-order valence-corrected chi connectivity index (χ1v) is 10.7. The lowest BCUT2D eigenvalue weighted by molar-refractivity contribution is -0.116. The summed E-state index contributed by atoms with van der Waals surface area (Å²) in [5, 5.41) is 11.7. The molecule has 2 aliphatic heterocycles. The number of rotatable bonds is 5. The largest absolute Gasteiger partial charge is 0.496 e. The zero-order valence-corrected chi connectivity index (χ0v) is 17.6. The van der Waals surface area contributed by atoms with Gasteiger partial charge in [0.1, 0.15) is 11.4 Å². The predicted molar refractivity (Wildman–Crippen MR) is 116 cm³/mol. The number of hydrogen-bond acceptors (Lipinski definition) is 6. The van der Waals surface area contributed by atoms with E-state index < -0.39 is 6.17 Å². The van der Waals surface area contributed by atoms with Crippen LogP contribution >= 0.6 is 11.8 Å². The third-order valence-corrected chi connectivity index (χ3v) is 5.92. The Kier molecular flexibility index (Phi) is 5.58. The molecule has 0 fully saturated rings. The number of hydrogen-bond donors (Lipinski definition) is 1. The number of amides is 1. The minimum Gasteiger partial charge on any atom is -0.496 e. The number of nitrogens with zero attached hydrogens (tertiary/aromatic N) is 3. The number of thioether (sulfide) groups is 1. The maximum absolute atomic E-state index is 13.0. The van der Waals surface area contributed by atoms with Crippen molar-refractivity contribution in [3.63, 3.8) is 0 Å². The molecule has 150 valence electrons. The molecular formula is C22H24N4O2S. The van der Waals surface area contributed by atoms with Gasteiger partial charge in [0.25, 0.3) is 5.91 Å². The van der Waals surface area contributed by atoms with Crippen LogP contribution in [0.15, 0.2) is 52.6 Å². The number of carbonyl (C=O) groups is 1. The molecular weight excluding hydrogens is 384 g/mol. The maximum atomic E-state index is 13.0. The Bertz CT molecular complexity index is 1100. The molecule has 0 aromatic heterocycles. The molecule has 7 heteroatoms. The lowest BCUT2D eigenvalue weighted by Crippen LogP contribution is -2.50. The van der Waals surface area contributed by atoms with Gasteiger partial charge in [0.2, 0.25) is 0 Å². The molecule has 0 radical (unpaired) electrons. The molecule has 0 saturated carbocycles. The molecule has 0 aliphatic carbocycles. The average Bonchev–Trinajstić information content (AvgIpc) is 2.73. The molecule has 0 saturated heterocycles. The molecule has 0 unspecified atom stereocenters. The van der Waals surface area contributed by atoms with Gasteiger partial charge in [0.05, 0.1) is 12.5 Å². The second-order valence-electron chi connectivity index (χ2n) is 7.00. The fourth-order valence-corrected chi connectivity index (χ4v) is 4.42. The highest BCUT2D eigenvalue weighted by molar-refractivity contribution is 8.13. The standard InChI is InChI=1S/C22H24N4O2S/c1-4-5-12-29-22-24-21(27)19-16-8-6-7-9-17(16)23-20(26(19)25-22)15-10-11-18(28-3)14(2)13-15/h6-11,13,20H,4-5,12H2,1-3H3,(H,24,25,27)/t20-/m0/s1. The molecule has 29 heavy (non-hydrogen) atoms. The first-order valence-electron chi connectivity index (χ1n) is 9.76. The molecule has 2 aliphatic rings. The molecule has 6 nitrogen and oxygen atoms in total. The minimum absolute atomic E-state index is 0.142. The first kappa shape index (κ1) is 19.5. The molecule has 1 N–H and O–H groups in total. The third-order valence-electron chi connectivity index (χ3n) is 4.97. The van der Waals surface area contributed by atoms with Crippen LogP contribution in [-0.2, 0) is 4.79 Å². The zero-order valence-electron chi connectivity index (χ0n) is 16.8. The van der Waals surface area contributed by atoms with Crippen LogP contribution in [0.5, 0.6) is 5.75 Å². The van der Waals surface area contributed by atoms with E-state index in [1.54, 1.807) is 23.9 Å². The summed E-state index contributed by atoms with van der Waals surface area (Å²) in [6.07, 6.45) is 1.77. The number of carbonyl (C=O) groups excluding carboxylic acids is 1. The van der Waals surface area contributed by atoms with Crippen molar-refractivity contribution in [1.29, 1.82) is 0 Å². The number of para-hydroxylation sites is 1. The number of benzene rings is 2. The van der Waals surface area contributed by atoms with Gasteiger partial charge in [-0.25, -0.2) is 5.01 Å². The predicted octanol–water partition coefficient (Wildman–Crippen LogP) is 2.68. The quantitative estimate of drug-likeness (QED) is 0.773. The molecule has 1 amide bonds. The van der Waals surface area contributed by atoms with Gasteiger partial charge in [-0.1, -0.05) is 49.4 Å². The van der Waals surface area contributed by atoms with Crippen LogP contribution in [-0.4, -0.2) is 28.9 Å². The highest BCUT2D eigenvalue weighted by atomic mass is 32.2. The normalized spacial score (nSPS) is 17.7. The summed E-state index contributed by atoms with van der Waals surface area (Å²) in [6.45, 7) is 4.15. The van der Waals surface area contributed by atoms with Crippen molar-refractivity contribution in [3.05, 3.63) is 64.2 Å². The summed E-state index contributed by atoms with van der Waals surface area (Å²) in [5.74, 6) is 1.60. The molecule has 0 spiro atoms. The zero-order chi connectivity index (χ0) is 20.4. The average molecular weight is 409 g/mol. The second-order valence-corrected chi connectivity index (χ2v) is 8.09. The third kappa shape index (κ3) is 3.74. The fourth-order valence-electron chi connectivity index (χ4n) is 3.48. The maximum Gasteiger partial charge on any atom is 0.276 e. The van der Waals surface area contributed by atoms with E-state index in [2.05, 4.69) is 12.2 Å². The van der Waals surface area contributed by atoms with Gasteiger partial charge in [-0.15, -0.1) is 5.10 Å². The van der Waals surface area contributed by atoms with Gasteiger partial charge < -0.3 is 4.74 Å². The van der Waals surface area contributed by atoms with Crippen molar-refractivity contribution in [1.82, 2.24) is 10.3 Å². The van der Waals surface area contributed by atoms with Crippen LogP contribution in [0.25, 0.3) is 5.70 Å². The van der Waals surface area contributed by atoms with Crippen LogP contribution in [0.2, 0.25) is 0 Å². The SMILES string of the molecule is CCCCSC1=NN2C(=c3ccccc3=N[C@@H]2c2ccc(OC)c(C)c2)C(=O)N1. The van der Waals surface area contributed by atoms with E-state index in [4.69, 9.17) is 14.8 Å². The first-order chi connectivity index (χ1) is 14.1. The van der Waals surface area contributed by atoms with Gasteiger partial charge in [0, 0.05) is 11.0 Å². The molecule has 2 aromatic rings. The Labute approximate surface area is 174 Å². The number of amidine groups is 1.